The third-order valence-corrected chi connectivity index (χ3v) is 4.49. The second kappa shape index (κ2) is 7.73. The van der Waals surface area contributed by atoms with Crippen LogP contribution < -0.4 is 15.4 Å². The van der Waals surface area contributed by atoms with Crippen LogP contribution in [0.5, 0.6) is 11.5 Å². The molecular weight excluding hydrogens is 370 g/mol. The largest absolute Gasteiger partial charge is 0.508 e. The molecule has 4 N–H and O–H groups in total. The molecular formula is C20H22F2N2O4. The number of hydrogen-bond acceptors (Lipinski definition) is 5. The molecule has 1 amide bonds. The van der Waals surface area contributed by atoms with Crippen LogP contribution in [0.4, 0.5) is 14.5 Å². The lowest BCUT2D eigenvalue weighted by molar-refractivity contribution is -0.118. The van der Waals surface area contributed by atoms with Gasteiger partial charge in [0.05, 0.1) is 11.8 Å². The summed E-state index contributed by atoms with van der Waals surface area (Å²) in [6, 6.07) is 6.48. The minimum Gasteiger partial charge on any atom is -0.508 e. The molecule has 0 saturated carbocycles. The Morgan fingerprint density at radius 2 is 2.00 bits per heavy atom. The maximum absolute atomic E-state index is 13.4. The fraction of sp³-hybridized carbons (Fsp3) is 0.350. The lowest BCUT2D eigenvalue weighted by atomic mass is 9.94. The summed E-state index contributed by atoms with van der Waals surface area (Å²) in [5.41, 5.74) is 0.723. The van der Waals surface area contributed by atoms with Crippen molar-refractivity contribution in [1.82, 2.24) is 5.32 Å². The number of hydrogen-bond donors (Lipinski definition) is 4. The summed E-state index contributed by atoms with van der Waals surface area (Å²) < 4.78 is 31.9. The summed E-state index contributed by atoms with van der Waals surface area (Å²) in [6.07, 6.45) is -0.623. The van der Waals surface area contributed by atoms with E-state index in [9.17, 15) is 23.8 Å². The lowest BCUT2D eigenvalue weighted by Crippen LogP contribution is -2.43. The van der Waals surface area contributed by atoms with E-state index in [0.29, 0.717) is 29.0 Å². The Labute approximate surface area is 161 Å². The molecule has 0 aliphatic carbocycles. The molecule has 1 heterocycles. The Morgan fingerprint density at radius 3 is 2.71 bits per heavy atom. The molecule has 8 heteroatoms. The topological polar surface area (TPSA) is 90.8 Å². The van der Waals surface area contributed by atoms with E-state index in [-0.39, 0.29) is 24.8 Å². The fourth-order valence-corrected chi connectivity index (χ4v) is 3.17. The first-order valence-electron chi connectivity index (χ1n) is 8.81. The van der Waals surface area contributed by atoms with Crippen LogP contribution in [0.2, 0.25) is 0 Å². The van der Waals surface area contributed by atoms with E-state index < -0.39 is 23.3 Å². The van der Waals surface area contributed by atoms with Gasteiger partial charge in [-0.15, -0.1) is 0 Å². The molecule has 0 saturated heterocycles. The predicted octanol–water partition coefficient (Wildman–Crippen LogP) is 2.65. The molecule has 6 nitrogen and oxygen atoms in total. The SMILES string of the molecule is CC(C)(Cc1ccc(F)c(F)c1)NCC(O)c1cc(O)cc2c1OCC(=O)N2. The molecule has 0 aromatic heterocycles. The number of nitrogens with one attached hydrogen (secondary N) is 2. The number of ether oxygens (including phenoxy) is 1. The number of aromatic hydroxyl groups is 1. The molecule has 150 valence electrons. The zero-order valence-corrected chi connectivity index (χ0v) is 15.6. The summed E-state index contributed by atoms with van der Waals surface area (Å²) >= 11 is 0. The number of rotatable bonds is 6. The van der Waals surface area contributed by atoms with Gasteiger partial charge in [-0.1, -0.05) is 6.07 Å². The summed E-state index contributed by atoms with van der Waals surface area (Å²) in [6.45, 7) is 3.68. The molecule has 0 fully saturated rings. The van der Waals surface area contributed by atoms with Gasteiger partial charge < -0.3 is 25.6 Å². The Hall–Kier alpha value is -2.71. The van der Waals surface area contributed by atoms with Crippen LogP contribution in [0.25, 0.3) is 0 Å². The van der Waals surface area contributed by atoms with Crippen molar-refractivity contribution in [3.05, 3.63) is 53.1 Å². The van der Waals surface area contributed by atoms with Crippen LogP contribution in [0, 0.1) is 11.6 Å². The van der Waals surface area contributed by atoms with Gasteiger partial charge >= 0.3 is 0 Å². The molecule has 1 aliphatic rings. The highest BCUT2D eigenvalue weighted by molar-refractivity contribution is 5.96. The average molecular weight is 392 g/mol. The van der Waals surface area contributed by atoms with Gasteiger partial charge in [0.2, 0.25) is 0 Å². The van der Waals surface area contributed by atoms with Gasteiger partial charge in [0.15, 0.2) is 18.2 Å². The van der Waals surface area contributed by atoms with Crippen molar-refractivity contribution >= 4 is 11.6 Å². The quantitative estimate of drug-likeness (QED) is 0.607. The van der Waals surface area contributed by atoms with Crippen molar-refractivity contribution in [2.75, 3.05) is 18.5 Å². The molecule has 1 aliphatic heterocycles. The van der Waals surface area contributed by atoms with Crippen LogP contribution >= 0.6 is 0 Å². The molecule has 3 rings (SSSR count). The molecule has 2 aromatic rings. The van der Waals surface area contributed by atoms with E-state index in [0.717, 1.165) is 12.1 Å². The number of carbonyl (C=O) groups excluding carboxylic acids is 1. The number of aliphatic hydroxyl groups is 1. The zero-order valence-electron chi connectivity index (χ0n) is 15.6. The maximum atomic E-state index is 13.4. The molecule has 28 heavy (non-hydrogen) atoms. The van der Waals surface area contributed by atoms with Gasteiger partial charge in [0.1, 0.15) is 11.5 Å². The number of phenolic OH excluding ortho intramolecular Hbond substituents is 1. The Balaban J connectivity index is 1.70. The Kier molecular flexibility index (Phi) is 5.53. The minimum absolute atomic E-state index is 0.111. The van der Waals surface area contributed by atoms with Crippen molar-refractivity contribution in [3.8, 4) is 11.5 Å². The second-order valence-electron chi connectivity index (χ2n) is 7.45. The number of amides is 1. The number of anilines is 1. The molecule has 1 unspecified atom stereocenters. The van der Waals surface area contributed by atoms with Crippen molar-refractivity contribution in [2.24, 2.45) is 0 Å². The van der Waals surface area contributed by atoms with Crippen molar-refractivity contribution < 1.29 is 28.5 Å². The summed E-state index contributed by atoms with van der Waals surface area (Å²) in [5.74, 6) is -1.95. The van der Waals surface area contributed by atoms with Gasteiger partial charge in [-0.2, -0.15) is 0 Å². The van der Waals surface area contributed by atoms with Gasteiger partial charge in [-0.3, -0.25) is 4.79 Å². The highest BCUT2D eigenvalue weighted by atomic mass is 19.2. The van der Waals surface area contributed by atoms with Crippen molar-refractivity contribution in [1.29, 1.82) is 0 Å². The average Bonchev–Trinajstić information content (AvgIpc) is 2.61. The van der Waals surface area contributed by atoms with Crippen molar-refractivity contribution in [3.63, 3.8) is 0 Å². The van der Waals surface area contributed by atoms with E-state index in [1.54, 1.807) is 0 Å². The number of aliphatic hydroxyl groups excluding tert-OH is 1. The van der Waals surface area contributed by atoms with Crippen LogP contribution in [-0.4, -0.2) is 34.8 Å². The number of carbonyl (C=O) groups is 1. The number of β-amino-alcohol motifs (C(OH)–C–C–N with tert-alkyl or cyclic N) is 1. The first-order chi connectivity index (χ1) is 13.1. The van der Waals surface area contributed by atoms with Crippen LogP contribution in [0.1, 0.15) is 31.1 Å². The summed E-state index contributed by atoms with van der Waals surface area (Å²) in [4.78, 5) is 11.5. The monoisotopic (exact) mass is 392 g/mol. The summed E-state index contributed by atoms with van der Waals surface area (Å²) in [7, 11) is 0. The highest BCUT2D eigenvalue weighted by Gasteiger charge is 2.26. The Morgan fingerprint density at radius 1 is 1.25 bits per heavy atom. The summed E-state index contributed by atoms with van der Waals surface area (Å²) in [5, 5.41) is 26.2. The number of phenols is 1. The standard InChI is InChI=1S/C20H22F2N2O4/c1-20(2,8-11-3-4-14(21)15(22)5-11)23-9-17(26)13-6-12(25)7-16-19(13)28-10-18(27)24-16/h3-7,17,23,25-26H,8-10H2,1-2H3,(H,24,27). The maximum Gasteiger partial charge on any atom is 0.262 e. The van der Waals surface area contributed by atoms with Gasteiger partial charge in [-0.25, -0.2) is 8.78 Å². The fourth-order valence-electron chi connectivity index (χ4n) is 3.17. The number of benzene rings is 2. The van der Waals surface area contributed by atoms with Gasteiger partial charge in [0.25, 0.3) is 5.91 Å². The van der Waals surface area contributed by atoms with E-state index in [2.05, 4.69) is 10.6 Å². The first-order valence-corrected chi connectivity index (χ1v) is 8.81. The molecule has 2 aromatic carbocycles. The zero-order chi connectivity index (χ0) is 20.5. The van der Waals surface area contributed by atoms with Gasteiger partial charge in [0, 0.05) is 23.7 Å². The predicted molar refractivity (Wildman–Crippen MR) is 99.3 cm³/mol. The number of fused-ring (bicyclic) bond motifs is 1. The highest BCUT2D eigenvalue weighted by Crippen LogP contribution is 2.38. The normalized spacial score (nSPS) is 14.8. The first kappa shape index (κ1) is 20.0. The minimum atomic E-state index is -1.03. The number of halogens is 2. The van der Waals surface area contributed by atoms with Crippen LogP contribution in [0.15, 0.2) is 30.3 Å². The van der Waals surface area contributed by atoms with Gasteiger partial charge in [-0.05, 0) is 44.0 Å². The lowest BCUT2D eigenvalue weighted by Gasteiger charge is -2.29. The Bertz CT molecular complexity index is 902. The third-order valence-electron chi connectivity index (χ3n) is 4.49. The molecule has 0 radical (unpaired) electrons. The molecule has 0 bridgehead atoms. The second-order valence-corrected chi connectivity index (χ2v) is 7.45. The molecule has 1 atom stereocenters. The van der Waals surface area contributed by atoms with Crippen LogP contribution in [0.3, 0.4) is 0 Å². The van der Waals surface area contributed by atoms with E-state index in [1.807, 2.05) is 13.8 Å². The van der Waals surface area contributed by atoms with E-state index >= 15 is 0 Å². The van der Waals surface area contributed by atoms with Crippen LogP contribution in [-0.2, 0) is 11.2 Å². The van der Waals surface area contributed by atoms with E-state index in [4.69, 9.17) is 4.74 Å². The van der Waals surface area contributed by atoms with E-state index in [1.165, 1.54) is 18.2 Å². The van der Waals surface area contributed by atoms with Crippen molar-refractivity contribution in [2.45, 2.75) is 31.9 Å². The third kappa shape index (κ3) is 4.58. The smallest absolute Gasteiger partial charge is 0.262 e. The molecule has 0 spiro atoms.